The van der Waals surface area contributed by atoms with Crippen molar-refractivity contribution >= 4 is 39.0 Å². The Morgan fingerprint density at radius 3 is 1.38 bits per heavy atom. The first-order valence-corrected chi connectivity index (χ1v) is 22.8. The molecule has 5 heteroatoms. The molecule has 320 valence electrons. The Balaban J connectivity index is 0.999. The molecule has 0 unspecified atom stereocenters. The lowest BCUT2D eigenvalue weighted by Gasteiger charge is -2.27. The van der Waals surface area contributed by atoms with Crippen molar-refractivity contribution in [3.63, 3.8) is 0 Å². The van der Waals surface area contributed by atoms with Gasteiger partial charge in [0.05, 0.1) is 0 Å². The van der Waals surface area contributed by atoms with E-state index in [0.29, 0.717) is 17.5 Å². The molecule has 0 N–H and O–H groups in total. The van der Waals surface area contributed by atoms with Gasteiger partial charge in [-0.15, -0.1) is 0 Å². The SMILES string of the molecule is c1ccc(-c2cccc(-c3nc(-c4ccccc4)nc(-c4ccccc4-c4cccc5oc6cc(N(c7ccccc7)c7cc(-c8ccccc8)cc(-c8ccccc8)c7)ccc6c45)n3)c2)cc1. The van der Waals surface area contributed by atoms with Crippen molar-refractivity contribution < 1.29 is 4.42 Å². The van der Waals surface area contributed by atoms with E-state index in [1.807, 2.05) is 36.4 Å². The van der Waals surface area contributed by atoms with Gasteiger partial charge < -0.3 is 9.32 Å². The van der Waals surface area contributed by atoms with E-state index in [1.54, 1.807) is 0 Å². The fraction of sp³-hybridized carbons (Fsp3) is 0. The van der Waals surface area contributed by atoms with Crippen molar-refractivity contribution in [2.45, 2.75) is 0 Å². The first-order chi connectivity index (χ1) is 33.7. The molecule has 2 heterocycles. The van der Waals surface area contributed by atoms with Gasteiger partial charge in [0.15, 0.2) is 17.5 Å². The summed E-state index contributed by atoms with van der Waals surface area (Å²) in [5.41, 5.74) is 16.2. The second-order valence-corrected chi connectivity index (χ2v) is 16.8. The van der Waals surface area contributed by atoms with Crippen LogP contribution in [-0.4, -0.2) is 15.0 Å². The predicted molar refractivity (Wildman–Crippen MR) is 280 cm³/mol. The monoisotopic (exact) mass is 870 g/mol. The summed E-state index contributed by atoms with van der Waals surface area (Å²) in [7, 11) is 0. The van der Waals surface area contributed by atoms with Crippen LogP contribution in [-0.2, 0) is 0 Å². The maximum atomic E-state index is 6.84. The molecule has 2 aromatic heterocycles. The molecule has 0 aliphatic carbocycles. The summed E-state index contributed by atoms with van der Waals surface area (Å²) in [6.07, 6.45) is 0. The van der Waals surface area contributed by atoms with Gasteiger partial charge in [0.2, 0.25) is 0 Å². The van der Waals surface area contributed by atoms with E-state index in [0.717, 1.165) is 100 Å². The fourth-order valence-electron chi connectivity index (χ4n) is 9.26. The number of para-hydroxylation sites is 1. The Kier molecular flexibility index (Phi) is 10.5. The number of aromatic nitrogens is 3. The van der Waals surface area contributed by atoms with Crippen molar-refractivity contribution in [2.75, 3.05) is 4.90 Å². The highest BCUT2D eigenvalue weighted by Crippen LogP contribution is 2.44. The minimum atomic E-state index is 0.591. The van der Waals surface area contributed by atoms with Crippen molar-refractivity contribution in [1.29, 1.82) is 0 Å². The molecule has 0 bridgehead atoms. The number of hydrogen-bond acceptors (Lipinski definition) is 5. The van der Waals surface area contributed by atoms with E-state index in [-0.39, 0.29) is 0 Å². The zero-order chi connectivity index (χ0) is 45.2. The van der Waals surface area contributed by atoms with Gasteiger partial charge in [0.25, 0.3) is 0 Å². The molecule has 0 aliphatic heterocycles. The molecule has 12 aromatic rings. The molecular weight excluding hydrogens is 829 g/mol. The molecule has 5 nitrogen and oxygen atoms in total. The van der Waals surface area contributed by atoms with Crippen LogP contribution in [0.15, 0.2) is 259 Å². The van der Waals surface area contributed by atoms with E-state index < -0.39 is 0 Å². The molecule has 0 saturated carbocycles. The standard InChI is InChI=1S/C63H42N4O/c1-6-20-43(21-7-1)47-28-18-29-48(38-47)62-64-61(46-26-12-4-13-27-46)65-63(66-62)56-33-17-16-32-54(56)55-34-19-35-58-60(55)57-37-36-52(42-59(57)68-58)67(51-30-14-5-15-31-51)53-40-49(44-22-8-2-9-23-44)39-50(41-53)45-24-10-3-11-25-45/h1-42H. The summed E-state index contributed by atoms with van der Waals surface area (Å²) in [4.78, 5) is 17.8. The van der Waals surface area contributed by atoms with Gasteiger partial charge in [0, 0.05) is 50.6 Å². The number of anilines is 3. The van der Waals surface area contributed by atoms with Gasteiger partial charge in [-0.1, -0.05) is 194 Å². The average molecular weight is 871 g/mol. The van der Waals surface area contributed by atoms with Gasteiger partial charge in [0.1, 0.15) is 11.2 Å². The minimum Gasteiger partial charge on any atom is -0.456 e. The zero-order valence-corrected chi connectivity index (χ0v) is 36.9. The molecule has 0 amide bonds. The molecule has 0 spiro atoms. The van der Waals surface area contributed by atoms with Crippen molar-refractivity contribution in [3.05, 3.63) is 255 Å². The average Bonchev–Trinajstić information content (AvgIpc) is 3.80. The third-order valence-corrected chi connectivity index (χ3v) is 12.5. The maximum absolute atomic E-state index is 6.84. The Bertz CT molecular complexity index is 3670. The number of hydrogen-bond donors (Lipinski definition) is 0. The molecule has 10 aromatic carbocycles. The lowest BCUT2D eigenvalue weighted by Crippen LogP contribution is -2.10. The van der Waals surface area contributed by atoms with Crippen molar-refractivity contribution in [2.24, 2.45) is 0 Å². The molecule has 0 saturated heterocycles. The third kappa shape index (κ3) is 7.78. The lowest BCUT2D eigenvalue weighted by atomic mass is 9.94. The molecule has 0 atom stereocenters. The lowest BCUT2D eigenvalue weighted by molar-refractivity contribution is 0.669. The fourth-order valence-corrected chi connectivity index (χ4v) is 9.26. The van der Waals surface area contributed by atoms with Crippen LogP contribution in [0.2, 0.25) is 0 Å². The van der Waals surface area contributed by atoms with Gasteiger partial charge >= 0.3 is 0 Å². The second kappa shape index (κ2) is 17.7. The minimum absolute atomic E-state index is 0.591. The van der Waals surface area contributed by atoms with Gasteiger partial charge in [-0.3, -0.25) is 0 Å². The summed E-state index contributed by atoms with van der Waals surface area (Å²) in [5.74, 6) is 1.81. The summed E-state index contributed by atoms with van der Waals surface area (Å²) in [6, 6.07) is 88.8. The summed E-state index contributed by atoms with van der Waals surface area (Å²) >= 11 is 0. The number of benzene rings is 10. The van der Waals surface area contributed by atoms with Crippen LogP contribution in [0.5, 0.6) is 0 Å². The molecule has 68 heavy (non-hydrogen) atoms. The Morgan fingerprint density at radius 2 is 0.735 bits per heavy atom. The van der Waals surface area contributed by atoms with E-state index in [9.17, 15) is 0 Å². The van der Waals surface area contributed by atoms with Gasteiger partial charge in [-0.2, -0.15) is 0 Å². The van der Waals surface area contributed by atoms with Crippen LogP contribution in [0.25, 0.3) is 101 Å². The van der Waals surface area contributed by atoms with Gasteiger partial charge in [-0.05, 0) is 99.1 Å². The molecule has 0 fully saturated rings. The number of fused-ring (bicyclic) bond motifs is 3. The first-order valence-electron chi connectivity index (χ1n) is 22.8. The van der Waals surface area contributed by atoms with Gasteiger partial charge in [-0.25, -0.2) is 15.0 Å². The molecule has 12 rings (SSSR count). The maximum Gasteiger partial charge on any atom is 0.164 e. The summed E-state index contributed by atoms with van der Waals surface area (Å²) in [6.45, 7) is 0. The van der Waals surface area contributed by atoms with Crippen LogP contribution in [0.4, 0.5) is 17.1 Å². The Morgan fingerprint density at radius 1 is 0.265 bits per heavy atom. The second-order valence-electron chi connectivity index (χ2n) is 16.8. The molecular formula is C63H42N4O. The van der Waals surface area contributed by atoms with Crippen LogP contribution < -0.4 is 4.90 Å². The number of furan rings is 1. The van der Waals surface area contributed by atoms with Crippen molar-refractivity contribution in [1.82, 2.24) is 15.0 Å². The smallest absolute Gasteiger partial charge is 0.164 e. The Hall–Kier alpha value is -9.19. The van der Waals surface area contributed by atoms with E-state index in [4.69, 9.17) is 19.4 Å². The largest absolute Gasteiger partial charge is 0.456 e. The van der Waals surface area contributed by atoms with Crippen LogP contribution in [0.3, 0.4) is 0 Å². The Labute approximate surface area is 395 Å². The number of rotatable bonds is 10. The third-order valence-electron chi connectivity index (χ3n) is 12.5. The quantitative estimate of drug-likeness (QED) is 0.137. The number of nitrogens with zero attached hydrogens (tertiary/aromatic N) is 4. The summed E-state index contributed by atoms with van der Waals surface area (Å²) < 4.78 is 6.84. The van der Waals surface area contributed by atoms with E-state index in [1.165, 1.54) is 0 Å². The topological polar surface area (TPSA) is 55.1 Å². The first kappa shape index (κ1) is 40.3. The van der Waals surface area contributed by atoms with E-state index in [2.05, 4.69) is 223 Å². The molecule has 0 aliphatic rings. The summed E-state index contributed by atoms with van der Waals surface area (Å²) in [5, 5.41) is 2.04. The van der Waals surface area contributed by atoms with Crippen LogP contribution in [0, 0.1) is 0 Å². The highest BCUT2D eigenvalue weighted by Gasteiger charge is 2.22. The predicted octanol–water partition coefficient (Wildman–Crippen LogP) is 16.9. The van der Waals surface area contributed by atoms with Crippen molar-refractivity contribution in [3.8, 4) is 78.7 Å². The molecule has 0 radical (unpaired) electrons. The van der Waals surface area contributed by atoms with Crippen LogP contribution in [0.1, 0.15) is 0 Å². The zero-order valence-electron chi connectivity index (χ0n) is 36.9. The normalized spacial score (nSPS) is 11.2. The van der Waals surface area contributed by atoms with E-state index >= 15 is 0 Å². The highest BCUT2D eigenvalue weighted by atomic mass is 16.3. The van der Waals surface area contributed by atoms with Crippen LogP contribution >= 0.6 is 0 Å². The highest BCUT2D eigenvalue weighted by molar-refractivity contribution is 6.14.